The normalized spacial score (nSPS) is 18.9. The van der Waals surface area contributed by atoms with Gasteiger partial charge in [-0.15, -0.1) is 0 Å². The van der Waals surface area contributed by atoms with Crippen LogP contribution in [0.25, 0.3) is 11.3 Å². The molecule has 2 aliphatic rings. The minimum Gasteiger partial charge on any atom is -0.494 e. The molecule has 2 N–H and O–H groups in total. The number of hydrogen-bond donors (Lipinski definition) is 2. The number of ether oxygens (including phenoxy) is 1. The van der Waals surface area contributed by atoms with Crippen LogP contribution in [0.15, 0.2) is 65.6 Å². The fourth-order valence-corrected chi connectivity index (χ4v) is 6.56. The largest absolute Gasteiger partial charge is 0.494 e. The van der Waals surface area contributed by atoms with E-state index >= 15 is 0 Å². The summed E-state index contributed by atoms with van der Waals surface area (Å²) in [5, 5.41) is 12.4. The Hall–Kier alpha value is -3.34. The highest BCUT2D eigenvalue weighted by atomic mass is 32.2. The Balaban J connectivity index is 0.00000336. The van der Waals surface area contributed by atoms with Crippen LogP contribution in [0.1, 0.15) is 32.7 Å². The van der Waals surface area contributed by atoms with Crippen molar-refractivity contribution in [1.29, 1.82) is 0 Å². The third-order valence-electron chi connectivity index (χ3n) is 7.17. The van der Waals surface area contributed by atoms with Crippen molar-refractivity contribution >= 4 is 21.7 Å². The van der Waals surface area contributed by atoms with Gasteiger partial charge in [0.15, 0.2) is 11.6 Å². The highest BCUT2D eigenvalue weighted by Gasteiger charge is 2.51. The third-order valence-corrected chi connectivity index (χ3v) is 9.14. The Labute approximate surface area is 216 Å². The molecule has 10 heteroatoms. The highest BCUT2D eigenvalue weighted by molar-refractivity contribution is 7.89. The number of sulfonamides is 1. The van der Waals surface area contributed by atoms with Crippen molar-refractivity contribution in [3.05, 3.63) is 72.0 Å². The maximum absolute atomic E-state index is 14.2. The molecule has 0 bridgehead atoms. The smallest absolute Gasteiger partial charge is 0.243 e. The van der Waals surface area contributed by atoms with Crippen LogP contribution in [-0.2, 0) is 20.2 Å². The molecule has 3 aromatic rings. The number of hydrogen-bond acceptors (Lipinski definition) is 6. The second-order valence-electron chi connectivity index (χ2n) is 9.41. The molecule has 5 rings (SSSR count). The molecule has 37 heavy (non-hydrogen) atoms. The van der Waals surface area contributed by atoms with E-state index in [0.717, 1.165) is 6.42 Å². The summed E-state index contributed by atoms with van der Waals surface area (Å²) in [6.45, 7) is 0.192. The predicted molar refractivity (Wildman–Crippen MR) is 138 cm³/mol. The van der Waals surface area contributed by atoms with Crippen LogP contribution in [0.2, 0.25) is 0 Å². The van der Waals surface area contributed by atoms with Gasteiger partial charge in [-0.2, -0.15) is 4.31 Å². The van der Waals surface area contributed by atoms with Crippen molar-refractivity contribution in [3.8, 4) is 17.0 Å². The number of nitrogens with one attached hydrogen (secondary N) is 1. The lowest BCUT2D eigenvalue weighted by molar-refractivity contribution is -0.118. The molecule has 1 saturated heterocycles. The number of aliphatic hydroxyl groups excluding tert-OH is 1. The van der Waals surface area contributed by atoms with Gasteiger partial charge in [-0.05, 0) is 67.6 Å². The Bertz CT molecular complexity index is 1430. The standard InChI is InChI=1S/C27H28FN3O5S.H2/c1-36-24-12-9-19(16-22(24)28)27(13-14-27)26(33)30-25-6-2-5-23(29-25)18-7-10-21(11-8-18)37(34,35)31-15-3-4-20(31)17-32;/h2,5-12,16,20,32H,3-4,13-15,17H2,1H3,(H,29,30,33);1H/t20-;/m1./s1. The zero-order valence-corrected chi connectivity index (χ0v) is 21.2. The number of halogens is 1. The second kappa shape index (κ2) is 9.85. The van der Waals surface area contributed by atoms with E-state index in [-0.39, 0.29) is 24.6 Å². The Morgan fingerprint density at radius 1 is 1.22 bits per heavy atom. The van der Waals surface area contributed by atoms with E-state index in [1.807, 2.05) is 0 Å². The third kappa shape index (κ3) is 4.72. The number of carbonyl (C=O) groups excluding carboxylic acids is 1. The van der Waals surface area contributed by atoms with Gasteiger partial charge >= 0.3 is 0 Å². The molecule has 1 saturated carbocycles. The molecule has 2 fully saturated rings. The van der Waals surface area contributed by atoms with Gasteiger partial charge in [0, 0.05) is 19.6 Å². The van der Waals surface area contributed by atoms with E-state index in [9.17, 15) is 22.7 Å². The first-order valence-corrected chi connectivity index (χ1v) is 13.6. The van der Waals surface area contributed by atoms with Crippen LogP contribution in [0, 0.1) is 5.82 Å². The van der Waals surface area contributed by atoms with Gasteiger partial charge in [-0.1, -0.05) is 24.3 Å². The summed E-state index contributed by atoms with van der Waals surface area (Å²) in [5.41, 5.74) is 1.05. The number of nitrogens with zero attached hydrogens (tertiary/aromatic N) is 2. The molecule has 0 unspecified atom stereocenters. The van der Waals surface area contributed by atoms with Crippen molar-refractivity contribution in [1.82, 2.24) is 9.29 Å². The minimum atomic E-state index is -3.71. The zero-order valence-electron chi connectivity index (χ0n) is 20.4. The van der Waals surface area contributed by atoms with Crippen LogP contribution in [0.4, 0.5) is 10.2 Å². The number of amides is 1. The predicted octanol–water partition coefficient (Wildman–Crippen LogP) is 3.96. The Morgan fingerprint density at radius 3 is 2.62 bits per heavy atom. The number of pyridine rings is 1. The summed E-state index contributed by atoms with van der Waals surface area (Å²) in [5.74, 6) is -0.294. The van der Waals surface area contributed by atoms with Crippen molar-refractivity contribution in [2.45, 2.75) is 42.0 Å². The Morgan fingerprint density at radius 2 is 1.97 bits per heavy atom. The molecule has 1 aliphatic heterocycles. The monoisotopic (exact) mass is 527 g/mol. The van der Waals surface area contributed by atoms with Crippen LogP contribution in [0.3, 0.4) is 0 Å². The quantitative estimate of drug-likeness (QED) is 0.459. The van der Waals surface area contributed by atoms with E-state index in [4.69, 9.17) is 4.74 Å². The average molecular weight is 528 g/mol. The summed E-state index contributed by atoms with van der Waals surface area (Å²) in [6, 6.07) is 15.8. The summed E-state index contributed by atoms with van der Waals surface area (Å²) in [6.07, 6.45) is 2.58. The molecular weight excluding hydrogens is 497 g/mol. The maximum Gasteiger partial charge on any atom is 0.243 e. The number of anilines is 1. The number of benzene rings is 2. The van der Waals surface area contributed by atoms with Crippen molar-refractivity contribution in [3.63, 3.8) is 0 Å². The first-order chi connectivity index (χ1) is 17.8. The molecule has 2 heterocycles. The van der Waals surface area contributed by atoms with E-state index < -0.39 is 27.3 Å². The molecule has 1 aliphatic carbocycles. The number of rotatable bonds is 8. The van der Waals surface area contributed by atoms with Gasteiger partial charge in [-0.25, -0.2) is 17.8 Å². The summed E-state index contributed by atoms with van der Waals surface area (Å²) < 4.78 is 46.6. The molecule has 1 aromatic heterocycles. The topological polar surface area (TPSA) is 109 Å². The van der Waals surface area contributed by atoms with E-state index in [2.05, 4.69) is 10.3 Å². The van der Waals surface area contributed by atoms with Crippen molar-refractivity contribution in [2.75, 3.05) is 25.6 Å². The number of carbonyl (C=O) groups is 1. The fourth-order valence-electron chi connectivity index (χ4n) is 4.88. The van der Waals surface area contributed by atoms with E-state index in [1.54, 1.807) is 36.4 Å². The van der Waals surface area contributed by atoms with Crippen molar-refractivity contribution in [2.24, 2.45) is 0 Å². The molecule has 2 aromatic carbocycles. The molecule has 196 valence electrons. The van der Waals surface area contributed by atoms with Gasteiger partial charge in [0.2, 0.25) is 15.9 Å². The lowest BCUT2D eigenvalue weighted by Gasteiger charge is -2.22. The molecule has 0 radical (unpaired) electrons. The SMILES string of the molecule is COc1ccc(C2(C(=O)Nc3cccc(-c4ccc(S(=O)(=O)N5CCC[C@@H]5CO)cc4)n3)CC2)cc1F.[HH]. The average Bonchev–Trinajstić information content (AvgIpc) is 3.58. The molecule has 1 amide bonds. The van der Waals surface area contributed by atoms with Gasteiger partial charge < -0.3 is 15.2 Å². The van der Waals surface area contributed by atoms with Crippen LogP contribution < -0.4 is 10.1 Å². The molecule has 0 spiro atoms. The van der Waals surface area contributed by atoms with Crippen LogP contribution in [-0.4, -0.2) is 55.0 Å². The van der Waals surface area contributed by atoms with Crippen LogP contribution >= 0.6 is 0 Å². The summed E-state index contributed by atoms with van der Waals surface area (Å²) in [7, 11) is -2.31. The second-order valence-corrected chi connectivity index (χ2v) is 11.3. The first kappa shape index (κ1) is 25.3. The van der Waals surface area contributed by atoms with E-state index in [1.165, 1.54) is 35.7 Å². The zero-order chi connectivity index (χ0) is 26.2. The fraction of sp³-hybridized carbons (Fsp3) is 0.333. The minimum absolute atomic E-state index is 0. The lowest BCUT2D eigenvalue weighted by atomic mass is 9.94. The lowest BCUT2D eigenvalue weighted by Crippen LogP contribution is -2.37. The van der Waals surface area contributed by atoms with Gasteiger partial charge in [0.05, 0.1) is 29.7 Å². The molecule has 8 nitrogen and oxygen atoms in total. The number of aromatic nitrogens is 1. The maximum atomic E-state index is 14.2. The van der Waals surface area contributed by atoms with E-state index in [0.29, 0.717) is 48.4 Å². The van der Waals surface area contributed by atoms with Gasteiger partial charge in [0.1, 0.15) is 5.82 Å². The Kier molecular flexibility index (Phi) is 6.74. The first-order valence-electron chi connectivity index (χ1n) is 12.1. The van der Waals surface area contributed by atoms with Crippen molar-refractivity contribution < 1.29 is 28.9 Å². The highest BCUT2D eigenvalue weighted by Crippen LogP contribution is 2.49. The van der Waals surface area contributed by atoms with Gasteiger partial charge in [0.25, 0.3) is 0 Å². The van der Waals surface area contributed by atoms with Gasteiger partial charge in [-0.3, -0.25) is 4.79 Å². The number of aliphatic hydroxyl groups is 1. The molecular formula is C27H30FN3O5S. The molecule has 1 atom stereocenters. The summed E-state index contributed by atoms with van der Waals surface area (Å²) >= 11 is 0. The summed E-state index contributed by atoms with van der Waals surface area (Å²) in [4.78, 5) is 17.8. The van der Waals surface area contributed by atoms with Crippen LogP contribution in [0.5, 0.6) is 5.75 Å². The number of methoxy groups -OCH3 is 1.